The Labute approximate surface area is 222 Å². The van der Waals surface area contributed by atoms with Gasteiger partial charge in [0.1, 0.15) is 23.4 Å². The highest BCUT2D eigenvalue weighted by molar-refractivity contribution is 5.92. The van der Waals surface area contributed by atoms with Crippen molar-refractivity contribution in [3.8, 4) is 5.75 Å². The lowest BCUT2D eigenvalue weighted by Crippen LogP contribution is -2.55. The van der Waals surface area contributed by atoms with Crippen LogP contribution in [-0.4, -0.2) is 51.6 Å². The normalized spacial score (nSPS) is 19.5. The Balaban J connectivity index is 2.52. The molecule has 1 aliphatic carbocycles. The van der Waals surface area contributed by atoms with Gasteiger partial charge in [0.05, 0.1) is 0 Å². The van der Waals surface area contributed by atoms with Crippen molar-refractivity contribution in [2.24, 2.45) is 11.8 Å². The lowest BCUT2D eigenvalue weighted by molar-refractivity contribution is -0.144. The highest BCUT2D eigenvalue weighted by Crippen LogP contribution is 2.41. The molecule has 0 bridgehead atoms. The minimum Gasteiger partial charge on any atom is -0.508 e. The molecule has 5 atom stereocenters. The number of phenolic OH excluding ortho intramolecular Hbond substituents is 1. The fraction of sp³-hybridized carbons (Fsp3) is 0.690. The van der Waals surface area contributed by atoms with Crippen molar-refractivity contribution in [3.63, 3.8) is 0 Å². The first-order valence-corrected chi connectivity index (χ1v) is 13.6. The molecule has 1 aromatic carbocycles. The zero-order valence-corrected chi connectivity index (χ0v) is 24.1. The Hall–Kier alpha value is -2.77. The molecule has 8 nitrogen and oxygen atoms in total. The summed E-state index contributed by atoms with van der Waals surface area (Å²) in [5, 5.41) is 16.0. The Bertz CT molecular complexity index is 955. The largest absolute Gasteiger partial charge is 0.508 e. The van der Waals surface area contributed by atoms with Gasteiger partial charge >= 0.3 is 6.09 Å². The van der Waals surface area contributed by atoms with E-state index < -0.39 is 23.8 Å². The van der Waals surface area contributed by atoms with Gasteiger partial charge in [-0.1, -0.05) is 40.2 Å². The molecule has 8 heteroatoms. The first-order chi connectivity index (χ1) is 17.1. The molecule has 2 rings (SSSR count). The van der Waals surface area contributed by atoms with E-state index >= 15 is 0 Å². The summed E-state index contributed by atoms with van der Waals surface area (Å²) in [5.41, 5.74) is 0.546. The van der Waals surface area contributed by atoms with E-state index in [4.69, 9.17) is 4.74 Å². The summed E-state index contributed by atoms with van der Waals surface area (Å²) in [6.45, 7) is 17.1. The molecule has 1 fully saturated rings. The molecule has 3 N–H and O–H groups in total. The molecule has 0 aliphatic heterocycles. The van der Waals surface area contributed by atoms with Crippen molar-refractivity contribution in [1.82, 2.24) is 15.5 Å². The van der Waals surface area contributed by atoms with Crippen molar-refractivity contribution in [3.05, 3.63) is 29.3 Å². The number of carbonyl (C=O) groups excluding carboxylic acids is 3. The van der Waals surface area contributed by atoms with Crippen LogP contribution >= 0.6 is 0 Å². The molecule has 5 unspecified atom stereocenters. The maximum absolute atomic E-state index is 14.2. The zero-order valence-electron chi connectivity index (χ0n) is 24.1. The highest BCUT2D eigenvalue weighted by Gasteiger charge is 2.48. The molecule has 0 aromatic heterocycles. The third-order valence-corrected chi connectivity index (χ3v) is 6.55. The number of benzene rings is 1. The fourth-order valence-corrected chi connectivity index (χ4v) is 4.61. The van der Waals surface area contributed by atoms with Crippen molar-refractivity contribution >= 4 is 17.9 Å². The minimum absolute atomic E-state index is 0.0573. The molecule has 1 aromatic rings. The summed E-state index contributed by atoms with van der Waals surface area (Å²) >= 11 is 0. The SMILES string of the molecule is CCCC(C)NC(=O)C(c1ccc(O)c(C)c1)N(C(=O)C(CC(C)C)NC(=O)OC(C)(C)C)C1CC1C. The van der Waals surface area contributed by atoms with Gasteiger partial charge < -0.3 is 25.4 Å². The predicted octanol–water partition coefficient (Wildman–Crippen LogP) is 5.22. The van der Waals surface area contributed by atoms with Crippen LogP contribution in [0.2, 0.25) is 0 Å². The number of carbonyl (C=O) groups is 3. The first kappa shape index (κ1) is 30.5. The van der Waals surface area contributed by atoms with E-state index in [1.54, 1.807) is 50.8 Å². The van der Waals surface area contributed by atoms with Crippen LogP contribution in [0.25, 0.3) is 0 Å². The van der Waals surface area contributed by atoms with Crippen LogP contribution < -0.4 is 10.6 Å². The highest BCUT2D eigenvalue weighted by atomic mass is 16.6. The lowest BCUT2D eigenvalue weighted by Gasteiger charge is -2.36. The Morgan fingerprint density at radius 3 is 2.27 bits per heavy atom. The molecular weight excluding hydrogens is 470 g/mol. The van der Waals surface area contributed by atoms with E-state index in [2.05, 4.69) is 24.5 Å². The predicted molar refractivity (Wildman–Crippen MR) is 145 cm³/mol. The number of rotatable bonds is 11. The summed E-state index contributed by atoms with van der Waals surface area (Å²) in [6, 6.07) is 3.09. The van der Waals surface area contributed by atoms with Crippen molar-refractivity contribution in [2.45, 2.75) is 118 Å². The standard InChI is InChI=1S/C29H47N3O5/c1-10-11-20(6)30-26(34)25(21-12-13-24(33)19(5)15-21)32(23-16-18(23)4)27(35)22(14-17(2)3)31-28(36)37-29(7,8)9/h12-13,15,17-18,20,22-23,25,33H,10-11,14,16H2,1-9H3,(H,30,34)(H,31,36). The van der Waals surface area contributed by atoms with Crippen molar-refractivity contribution in [1.29, 1.82) is 0 Å². The van der Waals surface area contributed by atoms with Gasteiger partial charge in [-0.2, -0.15) is 0 Å². The van der Waals surface area contributed by atoms with Gasteiger partial charge in [0.25, 0.3) is 0 Å². The van der Waals surface area contributed by atoms with Gasteiger partial charge in [-0.3, -0.25) is 9.59 Å². The average molecular weight is 518 g/mol. The number of nitrogens with one attached hydrogen (secondary N) is 2. The number of ether oxygens (including phenoxy) is 1. The average Bonchev–Trinajstić information content (AvgIpc) is 3.47. The Morgan fingerprint density at radius 2 is 1.78 bits per heavy atom. The zero-order chi connectivity index (χ0) is 28.1. The van der Waals surface area contributed by atoms with Crippen LogP contribution in [-0.2, 0) is 14.3 Å². The summed E-state index contributed by atoms with van der Waals surface area (Å²) < 4.78 is 5.45. The molecule has 208 valence electrons. The second-order valence-electron chi connectivity index (χ2n) is 12.0. The van der Waals surface area contributed by atoms with Crippen LogP contribution in [0.4, 0.5) is 4.79 Å². The topological polar surface area (TPSA) is 108 Å². The van der Waals surface area contributed by atoms with Gasteiger partial charge in [0.2, 0.25) is 11.8 Å². The van der Waals surface area contributed by atoms with Crippen LogP contribution in [0.1, 0.15) is 98.2 Å². The smallest absolute Gasteiger partial charge is 0.408 e. The summed E-state index contributed by atoms with van der Waals surface area (Å²) in [4.78, 5) is 42.4. The van der Waals surface area contributed by atoms with E-state index in [1.165, 1.54) is 0 Å². The number of nitrogens with zero attached hydrogens (tertiary/aromatic N) is 1. The molecular formula is C29H47N3O5. The minimum atomic E-state index is -0.892. The number of amides is 3. The maximum atomic E-state index is 14.2. The second kappa shape index (κ2) is 12.7. The molecule has 0 radical (unpaired) electrons. The van der Waals surface area contributed by atoms with E-state index in [0.29, 0.717) is 17.5 Å². The maximum Gasteiger partial charge on any atom is 0.408 e. The second-order valence-corrected chi connectivity index (χ2v) is 12.0. The van der Waals surface area contributed by atoms with E-state index in [1.807, 2.05) is 20.8 Å². The van der Waals surface area contributed by atoms with E-state index in [0.717, 1.165) is 19.3 Å². The van der Waals surface area contributed by atoms with Crippen LogP contribution in [0.15, 0.2) is 18.2 Å². The number of hydrogen-bond acceptors (Lipinski definition) is 5. The van der Waals surface area contributed by atoms with Crippen molar-refractivity contribution < 1.29 is 24.2 Å². The number of aromatic hydroxyl groups is 1. The molecule has 3 amide bonds. The molecule has 1 saturated carbocycles. The Kier molecular flexibility index (Phi) is 10.4. The molecule has 0 heterocycles. The van der Waals surface area contributed by atoms with E-state index in [9.17, 15) is 19.5 Å². The summed E-state index contributed by atoms with van der Waals surface area (Å²) in [6.07, 6.45) is 2.26. The van der Waals surface area contributed by atoms with E-state index in [-0.39, 0.29) is 41.5 Å². The third kappa shape index (κ3) is 8.93. The molecule has 0 spiro atoms. The molecule has 37 heavy (non-hydrogen) atoms. The molecule has 1 aliphatic rings. The lowest BCUT2D eigenvalue weighted by atomic mass is 9.97. The van der Waals surface area contributed by atoms with Crippen LogP contribution in [0.5, 0.6) is 5.75 Å². The molecule has 0 saturated heterocycles. The summed E-state index contributed by atoms with van der Waals surface area (Å²) in [5.74, 6) is -0.0897. The van der Waals surface area contributed by atoms with Gasteiger partial charge in [-0.25, -0.2) is 4.79 Å². The number of phenols is 1. The number of hydrogen-bond donors (Lipinski definition) is 3. The van der Waals surface area contributed by atoms with Crippen LogP contribution in [0, 0.1) is 18.8 Å². The first-order valence-electron chi connectivity index (χ1n) is 13.6. The monoisotopic (exact) mass is 517 g/mol. The number of alkyl carbamates (subject to hydrolysis) is 1. The van der Waals surface area contributed by atoms with Gasteiger partial charge in [-0.15, -0.1) is 0 Å². The van der Waals surface area contributed by atoms with Crippen molar-refractivity contribution in [2.75, 3.05) is 0 Å². The fourth-order valence-electron chi connectivity index (χ4n) is 4.61. The Morgan fingerprint density at radius 1 is 1.16 bits per heavy atom. The van der Waals surface area contributed by atoms with Gasteiger partial charge in [-0.05, 0) is 89.0 Å². The van der Waals surface area contributed by atoms with Gasteiger partial charge in [0.15, 0.2) is 0 Å². The number of aryl methyl sites for hydroxylation is 1. The van der Waals surface area contributed by atoms with Crippen LogP contribution in [0.3, 0.4) is 0 Å². The third-order valence-electron chi connectivity index (χ3n) is 6.55. The summed E-state index contributed by atoms with van der Waals surface area (Å²) in [7, 11) is 0. The van der Waals surface area contributed by atoms with Gasteiger partial charge in [0, 0.05) is 12.1 Å². The quantitative estimate of drug-likeness (QED) is 0.373.